The Morgan fingerprint density at radius 3 is 2.67 bits per heavy atom. The molecule has 2 aliphatic heterocycles. The van der Waals surface area contributed by atoms with Gasteiger partial charge in [0.1, 0.15) is 22.3 Å². The Kier molecular flexibility index (Phi) is 9.51. The van der Waals surface area contributed by atoms with Crippen LogP contribution in [0.25, 0.3) is 10.6 Å². The second kappa shape index (κ2) is 12.2. The average Bonchev–Trinajstić information content (AvgIpc) is 3.35. The summed E-state index contributed by atoms with van der Waals surface area (Å²) in [6.45, 7) is 19.4. The number of hydrogen-bond acceptors (Lipinski definition) is 9. The van der Waals surface area contributed by atoms with Gasteiger partial charge in [-0.1, -0.05) is 32.4 Å². The summed E-state index contributed by atoms with van der Waals surface area (Å²) in [5.74, 6) is 1.52. The molecule has 40 heavy (non-hydrogen) atoms. The lowest BCUT2D eigenvalue weighted by molar-refractivity contribution is -0.00702. The average molecular weight is 610 g/mol. The van der Waals surface area contributed by atoms with Crippen LogP contribution in [0.5, 0.6) is 0 Å². The largest absolute Gasteiger partial charge is 0.444 e. The van der Waals surface area contributed by atoms with Crippen molar-refractivity contribution in [2.24, 2.45) is 0 Å². The number of likely N-dealkylation sites (tertiary alicyclic amines) is 1. The highest BCUT2D eigenvalue weighted by Gasteiger charge is 2.41. The van der Waals surface area contributed by atoms with Gasteiger partial charge in [0.2, 0.25) is 0 Å². The Bertz CT molecular complexity index is 1180. The molecule has 0 spiro atoms. The molecule has 1 N–H and O–H groups in total. The number of pyridine rings is 1. The maximum absolute atomic E-state index is 12.6. The molecule has 2 fully saturated rings. The van der Waals surface area contributed by atoms with Gasteiger partial charge in [-0.15, -0.1) is 0 Å². The molecule has 4 rings (SSSR count). The fourth-order valence-electron chi connectivity index (χ4n) is 4.61. The van der Waals surface area contributed by atoms with E-state index in [-0.39, 0.29) is 29.2 Å². The molecule has 1 amide bonds. The van der Waals surface area contributed by atoms with Gasteiger partial charge >= 0.3 is 6.09 Å². The lowest BCUT2D eigenvalue weighted by Crippen LogP contribution is -2.52. The number of piperidine rings is 1. The summed E-state index contributed by atoms with van der Waals surface area (Å²) in [5.41, 5.74) is 0.262. The van der Waals surface area contributed by atoms with Crippen LogP contribution in [-0.4, -0.2) is 77.7 Å². The van der Waals surface area contributed by atoms with Gasteiger partial charge < -0.3 is 24.1 Å². The maximum Gasteiger partial charge on any atom is 0.410 e. The molecular weight excluding hydrogens is 566 g/mol. The molecule has 0 aromatic carbocycles. The smallest absolute Gasteiger partial charge is 0.410 e. The Balaban J connectivity index is 1.47. The maximum atomic E-state index is 12.6. The molecule has 1 unspecified atom stereocenters. The first-order valence-electron chi connectivity index (χ1n) is 14.1. The molecule has 4 heterocycles. The molecule has 2 aliphatic rings. The number of hydrogen-bond donors (Lipinski definition) is 1. The Morgan fingerprint density at radius 2 is 1.98 bits per heavy atom. The number of nitrogens with one attached hydrogen (secondary N) is 1. The van der Waals surface area contributed by atoms with Crippen LogP contribution in [0.1, 0.15) is 72.5 Å². The number of ether oxygens (including phenoxy) is 2. The number of carbonyl (C=O) groups is 1. The third kappa shape index (κ3) is 7.73. The summed E-state index contributed by atoms with van der Waals surface area (Å²) in [6, 6.07) is 2.02. The van der Waals surface area contributed by atoms with Crippen LogP contribution >= 0.6 is 23.1 Å². The minimum absolute atomic E-state index is 0.0528. The van der Waals surface area contributed by atoms with Gasteiger partial charge in [0.25, 0.3) is 0 Å². The Labute approximate surface area is 248 Å². The van der Waals surface area contributed by atoms with E-state index in [9.17, 15) is 4.79 Å². The normalized spacial score (nSPS) is 22.7. The number of amides is 1. The summed E-state index contributed by atoms with van der Waals surface area (Å²) >= 11 is 7.92. The highest BCUT2D eigenvalue weighted by atomic mass is 35.5. The number of nitrogens with zero attached hydrogens (tertiary/aromatic N) is 4. The first kappa shape index (κ1) is 31.1. The third-order valence-electron chi connectivity index (χ3n) is 7.86. The van der Waals surface area contributed by atoms with Crippen molar-refractivity contribution >= 4 is 43.4 Å². The van der Waals surface area contributed by atoms with Gasteiger partial charge in [-0.05, 0) is 75.8 Å². The van der Waals surface area contributed by atoms with E-state index in [0.29, 0.717) is 31.3 Å². The molecule has 2 saturated heterocycles. The zero-order valence-electron chi connectivity index (χ0n) is 25.0. The predicted octanol–water partition coefficient (Wildman–Crippen LogP) is 6.96. The second-order valence-corrected chi connectivity index (χ2v) is 19.2. The molecular formula is C28H44ClN5O4SSi. The summed E-state index contributed by atoms with van der Waals surface area (Å²) in [7, 11) is -1.97. The quantitative estimate of drug-likeness (QED) is 0.351. The SMILES string of the molecule is CC(C)(C)OC(=O)N1CCCC(c2nsc(-c3cc(N[C@@H]4CCOC[C@H]4O[Si](C)(C)C(C)(C)C)ncc3Cl)n2)C1. The molecule has 2 aromatic rings. The molecule has 222 valence electrons. The van der Waals surface area contributed by atoms with Crippen LogP contribution in [0.4, 0.5) is 10.6 Å². The van der Waals surface area contributed by atoms with Gasteiger partial charge in [0, 0.05) is 37.4 Å². The van der Waals surface area contributed by atoms with Gasteiger partial charge in [-0.2, -0.15) is 4.37 Å². The van der Waals surface area contributed by atoms with Crippen LogP contribution in [0.15, 0.2) is 12.3 Å². The molecule has 0 saturated carbocycles. The second-order valence-electron chi connectivity index (χ2n) is 13.3. The molecule has 12 heteroatoms. The first-order valence-corrected chi connectivity index (χ1v) is 18.2. The van der Waals surface area contributed by atoms with E-state index >= 15 is 0 Å². The summed E-state index contributed by atoms with van der Waals surface area (Å²) in [6.07, 6.45) is 3.95. The van der Waals surface area contributed by atoms with E-state index in [1.54, 1.807) is 11.1 Å². The number of halogens is 1. The number of rotatable bonds is 6. The Hall–Kier alpha value is -1.79. The van der Waals surface area contributed by atoms with E-state index in [2.05, 4.69) is 48.5 Å². The summed E-state index contributed by atoms with van der Waals surface area (Å²) in [4.78, 5) is 23.8. The highest BCUT2D eigenvalue weighted by molar-refractivity contribution is 7.09. The van der Waals surface area contributed by atoms with E-state index in [4.69, 9.17) is 30.5 Å². The van der Waals surface area contributed by atoms with Crippen molar-refractivity contribution in [2.45, 2.75) is 103 Å². The van der Waals surface area contributed by atoms with Crippen molar-refractivity contribution in [1.82, 2.24) is 19.2 Å². The monoisotopic (exact) mass is 609 g/mol. The molecule has 3 atom stereocenters. The van der Waals surface area contributed by atoms with Crippen molar-refractivity contribution in [3.63, 3.8) is 0 Å². The van der Waals surface area contributed by atoms with Crippen molar-refractivity contribution in [1.29, 1.82) is 0 Å². The zero-order chi connectivity index (χ0) is 29.3. The molecule has 9 nitrogen and oxygen atoms in total. The molecule has 0 bridgehead atoms. The van der Waals surface area contributed by atoms with Gasteiger partial charge in [0.15, 0.2) is 8.32 Å². The minimum atomic E-state index is -1.97. The fourth-order valence-corrected chi connectivity index (χ4v) is 6.97. The lowest BCUT2D eigenvalue weighted by Gasteiger charge is -2.43. The van der Waals surface area contributed by atoms with Crippen molar-refractivity contribution in [3.8, 4) is 10.6 Å². The van der Waals surface area contributed by atoms with Crippen LogP contribution in [0.2, 0.25) is 23.2 Å². The Morgan fingerprint density at radius 1 is 1.23 bits per heavy atom. The minimum Gasteiger partial charge on any atom is -0.444 e. The van der Waals surface area contributed by atoms with Crippen molar-refractivity contribution in [3.05, 3.63) is 23.1 Å². The zero-order valence-corrected chi connectivity index (χ0v) is 27.6. The first-order chi connectivity index (χ1) is 18.6. The number of carbonyl (C=O) groups excluding carboxylic acids is 1. The van der Waals surface area contributed by atoms with Gasteiger partial charge in [0.05, 0.1) is 23.8 Å². The molecule has 2 aromatic heterocycles. The summed E-state index contributed by atoms with van der Waals surface area (Å²) < 4.78 is 22.8. The van der Waals surface area contributed by atoms with E-state index < -0.39 is 13.9 Å². The van der Waals surface area contributed by atoms with Gasteiger partial charge in [-0.25, -0.2) is 14.8 Å². The predicted molar refractivity (Wildman–Crippen MR) is 163 cm³/mol. The highest BCUT2D eigenvalue weighted by Crippen LogP contribution is 2.39. The van der Waals surface area contributed by atoms with Crippen molar-refractivity contribution in [2.75, 3.05) is 31.6 Å². The topological polar surface area (TPSA) is 98.7 Å². The standard InChI is InChI=1S/C28H44ClN5O4SSi/c1-27(2,3)37-26(35)34-12-9-10-18(16-34)24-32-25(39-33-24)19-14-23(30-15-20(19)29)31-21-11-13-36-17-22(21)38-40(7,8)28(4,5)6/h14-15,18,21-22H,9-13,16-17H2,1-8H3,(H,30,31)/t18?,21-,22-/m1/s1. The van der Waals surface area contributed by atoms with Crippen LogP contribution in [-0.2, 0) is 13.9 Å². The summed E-state index contributed by atoms with van der Waals surface area (Å²) in [5, 5.41) is 4.96. The number of aromatic nitrogens is 3. The molecule has 0 aliphatic carbocycles. The van der Waals surface area contributed by atoms with E-state index in [1.165, 1.54) is 11.5 Å². The van der Waals surface area contributed by atoms with E-state index in [1.807, 2.05) is 26.8 Å². The van der Waals surface area contributed by atoms with E-state index in [0.717, 1.165) is 41.5 Å². The van der Waals surface area contributed by atoms with Crippen LogP contribution in [0.3, 0.4) is 0 Å². The van der Waals surface area contributed by atoms with Gasteiger partial charge in [-0.3, -0.25) is 0 Å². The third-order valence-corrected chi connectivity index (χ3v) is 13.4. The fraction of sp³-hybridized carbons (Fsp3) is 0.714. The number of anilines is 1. The lowest BCUT2D eigenvalue weighted by atomic mass is 9.98. The van der Waals surface area contributed by atoms with Crippen LogP contribution in [0, 0.1) is 0 Å². The van der Waals surface area contributed by atoms with Crippen LogP contribution < -0.4 is 5.32 Å². The van der Waals surface area contributed by atoms with Crippen molar-refractivity contribution < 1.29 is 18.7 Å². The molecule has 0 radical (unpaired) electrons.